The van der Waals surface area contributed by atoms with Gasteiger partial charge < -0.3 is 9.72 Å². The first-order valence-electron chi connectivity index (χ1n) is 5.80. The van der Waals surface area contributed by atoms with Crippen LogP contribution in [0.1, 0.15) is 23.7 Å². The van der Waals surface area contributed by atoms with E-state index in [9.17, 15) is 13.2 Å². The minimum atomic E-state index is -4.32. The fraction of sp³-hybridized carbons (Fsp3) is 0.417. The van der Waals surface area contributed by atoms with Gasteiger partial charge in [-0.1, -0.05) is 0 Å². The van der Waals surface area contributed by atoms with Crippen LogP contribution in [0.15, 0.2) is 24.5 Å². The number of hydrogen-bond donors (Lipinski definition) is 1. The predicted molar refractivity (Wildman–Crippen MR) is 60.4 cm³/mol. The molecular weight excluding hydrogens is 243 g/mol. The van der Waals surface area contributed by atoms with Gasteiger partial charge in [0.1, 0.15) is 5.82 Å². The number of nitrogens with one attached hydrogen (secondary N) is 1. The Morgan fingerprint density at radius 2 is 2.17 bits per heavy atom. The van der Waals surface area contributed by atoms with Gasteiger partial charge in [0, 0.05) is 18.7 Å². The smallest absolute Gasteiger partial charge is 0.316 e. The van der Waals surface area contributed by atoms with E-state index in [0.717, 1.165) is 31.8 Å². The molecule has 2 aromatic rings. The van der Waals surface area contributed by atoms with Crippen molar-refractivity contribution >= 4 is 5.52 Å². The Morgan fingerprint density at radius 1 is 1.33 bits per heavy atom. The van der Waals surface area contributed by atoms with Gasteiger partial charge >= 0.3 is 6.18 Å². The lowest BCUT2D eigenvalue weighted by molar-refractivity contribution is -0.137. The number of imidazole rings is 1. The van der Waals surface area contributed by atoms with Gasteiger partial charge in [-0.15, -0.1) is 0 Å². The molecule has 0 radical (unpaired) electrons. The van der Waals surface area contributed by atoms with Gasteiger partial charge in [-0.3, -0.25) is 0 Å². The quantitative estimate of drug-likeness (QED) is 0.848. The molecule has 1 saturated heterocycles. The fourth-order valence-corrected chi connectivity index (χ4v) is 2.36. The summed E-state index contributed by atoms with van der Waals surface area (Å²) in [5.74, 6) is 0.900. The minimum absolute atomic E-state index is 0.191. The summed E-state index contributed by atoms with van der Waals surface area (Å²) in [6.45, 7) is 1.66. The molecule has 3 rings (SSSR count). The van der Waals surface area contributed by atoms with Crippen LogP contribution in [0.5, 0.6) is 0 Å². The Labute approximate surface area is 102 Å². The molecule has 3 heterocycles. The molecule has 1 atom stereocenters. The Morgan fingerprint density at radius 3 is 2.83 bits per heavy atom. The van der Waals surface area contributed by atoms with Crippen molar-refractivity contribution in [2.75, 3.05) is 13.1 Å². The summed E-state index contributed by atoms with van der Waals surface area (Å²) in [6, 6.07) is 2.55. The molecule has 3 nitrogen and oxygen atoms in total. The normalized spacial score (nSPS) is 20.7. The Kier molecular flexibility index (Phi) is 2.55. The van der Waals surface area contributed by atoms with Gasteiger partial charge in [0.25, 0.3) is 0 Å². The van der Waals surface area contributed by atoms with E-state index in [4.69, 9.17) is 0 Å². The molecule has 96 valence electrons. The second-order valence-corrected chi connectivity index (χ2v) is 4.52. The van der Waals surface area contributed by atoms with E-state index in [1.165, 1.54) is 6.07 Å². The highest BCUT2D eigenvalue weighted by molar-refractivity contribution is 5.48. The third-order valence-corrected chi connectivity index (χ3v) is 3.31. The number of nitrogens with zero attached hydrogens (tertiary/aromatic N) is 2. The van der Waals surface area contributed by atoms with Crippen molar-refractivity contribution < 1.29 is 13.2 Å². The first-order chi connectivity index (χ1) is 8.55. The van der Waals surface area contributed by atoms with E-state index in [1.54, 1.807) is 10.6 Å². The highest BCUT2D eigenvalue weighted by atomic mass is 19.4. The van der Waals surface area contributed by atoms with Crippen molar-refractivity contribution in [1.82, 2.24) is 14.7 Å². The largest absolute Gasteiger partial charge is 0.417 e. The van der Waals surface area contributed by atoms with E-state index in [1.807, 2.05) is 0 Å². The number of alkyl halides is 3. The zero-order valence-electron chi connectivity index (χ0n) is 9.54. The molecule has 1 unspecified atom stereocenters. The summed E-state index contributed by atoms with van der Waals surface area (Å²) < 4.78 is 39.6. The zero-order valence-corrected chi connectivity index (χ0v) is 9.54. The SMILES string of the molecule is FC(F)(F)c1ccc2cnc(C3CCNC3)n2c1. The molecule has 0 saturated carbocycles. The highest BCUT2D eigenvalue weighted by Crippen LogP contribution is 2.30. The number of hydrogen-bond acceptors (Lipinski definition) is 2. The number of pyridine rings is 1. The van der Waals surface area contributed by atoms with E-state index in [2.05, 4.69) is 10.3 Å². The van der Waals surface area contributed by atoms with Crippen LogP contribution in [0.4, 0.5) is 13.2 Å². The van der Waals surface area contributed by atoms with Crippen LogP contribution in [-0.4, -0.2) is 22.5 Å². The third kappa shape index (κ3) is 1.86. The summed E-state index contributed by atoms with van der Waals surface area (Å²) >= 11 is 0. The fourth-order valence-electron chi connectivity index (χ4n) is 2.36. The summed E-state index contributed by atoms with van der Waals surface area (Å²) in [6.07, 6.45) is -0.650. The van der Waals surface area contributed by atoms with Crippen LogP contribution in [0, 0.1) is 0 Å². The van der Waals surface area contributed by atoms with Gasteiger partial charge in [-0.05, 0) is 25.1 Å². The Bertz CT molecular complexity index is 567. The monoisotopic (exact) mass is 255 g/mol. The number of aromatic nitrogens is 2. The van der Waals surface area contributed by atoms with E-state index in [-0.39, 0.29) is 5.92 Å². The van der Waals surface area contributed by atoms with Crippen LogP contribution >= 0.6 is 0 Å². The first-order valence-corrected chi connectivity index (χ1v) is 5.80. The Hall–Kier alpha value is -1.56. The molecule has 18 heavy (non-hydrogen) atoms. The molecule has 1 fully saturated rings. The molecule has 0 spiro atoms. The van der Waals surface area contributed by atoms with Crippen molar-refractivity contribution in [2.24, 2.45) is 0 Å². The Balaban J connectivity index is 2.10. The average Bonchev–Trinajstić information content (AvgIpc) is 2.95. The summed E-state index contributed by atoms with van der Waals surface area (Å²) in [4.78, 5) is 4.26. The predicted octanol–water partition coefficient (Wildman–Crippen LogP) is 2.43. The van der Waals surface area contributed by atoms with Crippen molar-refractivity contribution in [1.29, 1.82) is 0 Å². The maximum absolute atomic E-state index is 12.7. The summed E-state index contributed by atoms with van der Waals surface area (Å²) in [5, 5.41) is 3.19. The molecule has 0 bridgehead atoms. The van der Waals surface area contributed by atoms with Crippen LogP contribution in [-0.2, 0) is 6.18 Å². The van der Waals surface area contributed by atoms with Gasteiger partial charge in [0.05, 0.1) is 17.3 Å². The molecule has 1 N–H and O–H groups in total. The van der Waals surface area contributed by atoms with Crippen molar-refractivity contribution in [3.05, 3.63) is 35.9 Å². The molecule has 2 aromatic heterocycles. The van der Waals surface area contributed by atoms with E-state index in [0.29, 0.717) is 11.3 Å². The molecule has 0 aromatic carbocycles. The first kappa shape index (κ1) is 11.5. The van der Waals surface area contributed by atoms with Gasteiger partial charge in [0.2, 0.25) is 0 Å². The van der Waals surface area contributed by atoms with Crippen molar-refractivity contribution in [3.63, 3.8) is 0 Å². The molecule has 1 aliphatic heterocycles. The lowest BCUT2D eigenvalue weighted by atomic mass is 10.1. The molecule has 6 heteroatoms. The zero-order chi connectivity index (χ0) is 12.8. The average molecular weight is 255 g/mol. The number of rotatable bonds is 1. The van der Waals surface area contributed by atoms with Gasteiger partial charge in [0.15, 0.2) is 0 Å². The molecular formula is C12H12F3N3. The van der Waals surface area contributed by atoms with Crippen LogP contribution in [0.25, 0.3) is 5.52 Å². The number of fused-ring (bicyclic) bond motifs is 1. The highest BCUT2D eigenvalue weighted by Gasteiger charge is 2.31. The number of halogens is 3. The minimum Gasteiger partial charge on any atom is -0.316 e. The van der Waals surface area contributed by atoms with Crippen molar-refractivity contribution in [3.8, 4) is 0 Å². The second kappa shape index (κ2) is 3.98. The topological polar surface area (TPSA) is 29.3 Å². The van der Waals surface area contributed by atoms with Crippen LogP contribution in [0.3, 0.4) is 0 Å². The molecule has 1 aliphatic rings. The standard InChI is InChI=1S/C12H12F3N3/c13-12(14,15)9-1-2-10-6-17-11(18(10)7-9)8-3-4-16-5-8/h1-2,6-8,16H,3-5H2. The summed E-state index contributed by atoms with van der Waals surface area (Å²) in [5.41, 5.74) is 0.0603. The van der Waals surface area contributed by atoms with Gasteiger partial charge in [-0.25, -0.2) is 4.98 Å². The van der Waals surface area contributed by atoms with Crippen LogP contribution in [0.2, 0.25) is 0 Å². The van der Waals surface area contributed by atoms with Gasteiger partial charge in [-0.2, -0.15) is 13.2 Å². The lowest BCUT2D eigenvalue weighted by Crippen LogP contribution is -2.11. The second-order valence-electron chi connectivity index (χ2n) is 4.52. The molecule has 0 amide bonds. The van der Waals surface area contributed by atoms with Crippen LogP contribution < -0.4 is 5.32 Å². The maximum atomic E-state index is 12.7. The summed E-state index contributed by atoms with van der Waals surface area (Å²) in [7, 11) is 0. The maximum Gasteiger partial charge on any atom is 0.417 e. The lowest BCUT2D eigenvalue weighted by Gasteiger charge is -2.10. The van der Waals surface area contributed by atoms with Crippen molar-refractivity contribution in [2.45, 2.75) is 18.5 Å². The third-order valence-electron chi connectivity index (χ3n) is 3.31. The van der Waals surface area contributed by atoms with E-state index >= 15 is 0 Å². The van der Waals surface area contributed by atoms with E-state index < -0.39 is 11.7 Å². The molecule has 0 aliphatic carbocycles.